The Morgan fingerprint density at radius 1 is 1.44 bits per heavy atom. The molecule has 0 bridgehead atoms. The Hall–Kier alpha value is -1.43. The molecule has 0 aliphatic carbocycles. The minimum Gasteiger partial charge on any atom is -0.288 e. The summed E-state index contributed by atoms with van der Waals surface area (Å²) in [5, 5.41) is -0.343. The Morgan fingerprint density at radius 2 is 2.19 bits per heavy atom. The summed E-state index contributed by atoms with van der Waals surface area (Å²) in [5.41, 5.74) is 0.735. The smallest absolute Gasteiger partial charge is 0.288 e. The van der Waals surface area contributed by atoms with E-state index in [1.54, 1.807) is 18.2 Å². The van der Waals surface area contributed by atoms with Gasteiger partial charge in [-0.25, -0.2) is 4.98 Å². The van der Waals surface area contributed by atoms with Gasteiger partial charge in [-0.1, -0.05) is 23.3 Å². The van der Waals surface area contributed by atoms with Gasteiger partial charge in [-0.15, -0.1) is 0 Å². The van der Waals surface area contributed by atoms with Gasteiger partial charge in [0.15, 0.2) is 5.03 Å². The van der Waals surface area contributed by atoms with E-state index in [-0.39, 0.29) is 10.7 Å². The number of aromatic nitrogens is 2. The SMILES string of the molecule is CCCc1nc2ccccn2c1S(=O)(=O)F. The molecule has 16 heavy (non-hydrogen) atoms. The van der Waals surface area contributed by atoms with Crippen molar-refractivity contribution in [3.8, 4) is 0 Å². The quantitative estimate of drug-likeness (QED) is 0.773. The molecule has 2 heterocycles. The summed E-state index contributed by atoms with van der Waals surface area (Å²) in [6.45, 7) is 1.89. The average molecular weight is 242 g/mol. The minimum atomic E-state index is -4.74. The second-order valence-electron chi connectivity index (χ2n) is 3.48. The number of pyridine rings is 1. The standard InChI is InChI=1S/C10H11FN2O2S/c1-2-5-8-10(16(11,14)15)13-7-4-3-6-9(13)12-8/h3-4,6-7H,2,5H2,1H3. The number of fused-ring (bicyclic) bond motifs is 1. The first-order chi connectivity index (χ1) is 7.54. The Labute approximate surface area is 93.0 Å². The van der Waals surface area contributed by atoms with Crippen LogP contribution in [0.15, 0.2) is 29.4 Å². The zero-order valence-electron chi connectivity index (χ0n) is 8.72. The molecule has 0 radical (unpaired) electrons. The lowest BCUT2D eigenvalue weighted by Crippen LogP contribution is -2.01. The van der Waals surface area contributed by atoms with Gasteiger partial charge in [0.05, 0.1) is 5.69 Å². The van der Waals surface area contributed by atoms with E-state index in [0.717, 1.165) is 0 Å². The van der Waals surface area contributed by atoms with Crippen LogP contribution in [0.5, 0.6) is 0 Å². The Bertz CT molecular complexity index is 619. The first kappa shape index (κ1) is 11.1. The monoisotopic (exact) mass is 242 g/mol. The summed E-state index contributed by atoms with van der Waals surface area (Å²) in [7, 11) is -4.74. The van der Waals surface area contributed by atoms with Crippen molar-refractivity contribution in [2.75, 3.05) is 0 Å². The lowest BCUT2D eigenvalue weighted by Gasteiger charge is -1.98. The summed E-state index contributed by atoms with van der Waals surface area (Å²) in [6, 6.07) is 5.01. The number of nitrogens with zero attached hydrogens (tertiary/aromatic N) is 2. The van der Waals surface area contributed by atoms with Crippen LogP contribution in [0.2, 0.25) is 0 Å². The Kier molecular flexibility index (Phi) is 2.67. The van der Waals surface area contributed by atoms with Crippen LogP contribution >= 0.6 is 0 Å². The van der Waals surface area contributed by atoms with Gasteiger partial charge in [-0.2, -0.15) is 8.42 Å². The van der Waals surface area contributed by atoms with E-state index in [2.05, 4.69) is 4.98 Å². The third kappa shape index (κ3) is 1.80. The van der Waals surface area contributed by atoms with Crippen LogP contribution in [0.25, 0.3) is 5.65 Å². The zero-order valence-corrected chi connectivity index (χ0v) is 9.54. The molecule has 0 amide bonds. The average Bonchev–Trinajstić information content (AvgIpc) is 2.55. The normalized spacial score (nSPS) is 12.1. The van der Waals surface area contributed by atoms with Crippen LogP contribution in [-0.2, 0) is 16.6 Å². The van der Waals surface area contributed by atoms with Crippen molar-refractivity contribution >= 4 is 15.9 Å². The number of aryl methyl sites for hydroxylation is 1. The molecule has 4 nitrogen and oxygen atoms in total. The van der Waals surface area contributed by atoms with Crippen LogP contribution in [0, 0.1) is 0 Å². The van der Waals surface area contributed by atoms with Crippen molar-refractivity contribution in [1.29, 1.82) is 0 Å². The number of imidazole rings is 1. The Balaban J connectivity index is 2.80. The fourth-order valence-electron chi connectivity index (χ4n) is 1.68. The van der Waals surface area contributed by atoms with Crippen LogP contribution in [-0.4, -0.2) is 17.8 Å². The van der Waals surface area contributed by atoms with Crippen molar-refractivity contribution in [3.05, 3.63) is 30.1 Å². The molecule has 2 rings (SSSR count). The second kappa shape index (κ2) is 3.86. The van der Waals surface area contributed by atoms with Crippen LogP contribution in [0.4, 0.5) is 3.89 Å². The van der Waals surface area contributed by atoms with Gasteiger partial charge in [0.1, 0.15) is 5.65 Å². The molecule has 0 saturated heterocycles. The number of hydrogen-bond donors (Lipinski definition) is 0. The number of rotatable bonds is 3. The molecule has 0 saturated carbocycles. The van der Waals surface area contributed by atoms with Crippen LogP contribution in [0.3, 0.4) is 0 Å². The van der Waals surface area contributed by atoms with E-state index in [1.807, 2.05) is 6.92 Å². The zero-order chi connectivity index (χ0) is 11.8. The summed E-state index contributed by atoms with van der Waals surface area (Å²) < 4.78 is 36.6. The molecule has 2 aromatic rings. The summed E-state index contributed by atoms with van der Waals surface area (Å²) >= 11 is 0. The summed E-state index contributed by atoms with van der Waals surface area (Å²) in [5.74, 6) is 0. The van der Waals surface area contributed by atoms with E-state index < -0.39 is 10.2 Å². The van der Waals surface area contributed by atoms with Crippen molar-refractivity contribution in [2.45, 2.75) is 24.8 Å². The fourth-order valence-corrected chi connectivity index (χ4v) is 2.50. The van der Waals surface area contributed by atoms with Gasteiger partial charge in [0, 0.05) is 6.20 Å². The molecular formula is C10H11FN2O2S. The lowest BCUT2D eigenvalue weighted by molar-refractivity contribution is 0.544. The first-order valence-electron chi connectivity index (χ1n) is 4.94. The first-order valence-corrected chi connectivity index (χ1v) is 6.33. The van der Waals surface area contributed by atoms with Gasteiger partial charge in [-0.3, -0.25) is 4.40 Å². The fraction of sp³-hybridized carbons (Fsp3) is 0.300. The molecule has 0 aliphatic heterocycles. The summed E-state index contributed by atoms with van der Waals surface area (Å²) in [6.07, 6.45) is 2.65. The molecular weight excluding hydrogens is 231 g/mol. The lowest BCUT2D eigenvalue weighted by atomic mass is 10.3. The molecule has 0 aliphatic rings. The number of hydrogen-bond acceptors (Lipinski definition) is 3. The van der Waals surface area contributed by atoms with Gasteiger partial charge >= 0.3 is 10.2 Å². The molecule has 0 spiro atoms. The largest absolute Gasteiger partial charge is 0.350 e. The molecule has 86 valence electrons. The molecule has 0 N–H and O–H groups in total. The third-order valence-electron chi connectivity index (χ3n) is 2.27. The maximum atomic E-state index is 13.2. The molecule has 0 fully saturated rings. The topological polar surface area (TPSA) is 51.4 Å². The molecule has 0 atom stereocenters. The van der Waals surface area contributed by atoms with E-state index >= 15 is 0 Å². The van der Waals surface area contributed by atoms with Gasteiger partial charge in [0.2, 0.25) is 0 Å². The van der Waals surface area contributed by atoms with Crippen molar-refractivity contribution in [3.63, 3.8) is 0 Å². The molecule has 0 unspecified atom stereocenters. The third-order valence-corrected chi connectivity index (χ3v) is 3.17. The molecule has 6 heteroatoms. The van der Waals surface area contributed by atoms with Crippen molar-refractivity contribution < 1.29 is 12.3 Å². The second-order valence-corrected chi connectivity index (χ2v) is 4.74. The van der Waals surface area contributed by atoms with Crippen molar-refractivity contribution in [1.82, 2.24) is 9.38 Å². The van der Waals surface area contributed by atoms with Crippen LogP contribution < -0.4 is 0 Å². The van der Waals surface area contributed by atoms with Crippen molar-refractivity contribution in [2.24, 2.45) is 0 Å². The number of halogens is 1. The van der Waals surface area contributed by atoms with E-state index in [1.165, 1.54) is 10.6 Å². The summed E-state index contributed by atoms with van der Waals surface area (Å²) in [4.78, 5) is 4.11. The minimum absolute atomic E-state index is 0.288. The predicted octanol–water partition coefficient (Wildman–Crippen LogP) is 1.95. The maximum Gasteiger partial charge on any atom is 0.350 e. The maximum absolute atomic E-state index is 13.2. The van der Waals surface area contributed by atoms with E-state index in [0.29, 0.717) is 18.5 Å². The Morgan fingerprint density at radius 3 is 2.81 bits per heavy atom. The highest BCUT2D eigenvalue weighted by molar-refractivity contribution is 7.86. The van der Waals surface area contributed by atoms with E-state index in [4.69, 9.17) is 0 Å². The molecule has 0 aromatic carbocycles. The van der Waals surface area contributed by atoms with Gasteiger partial charge in [0.25, 0.3) is 0 Å². The highest BCUT2D eigenvalue weighted by atomic mass is 32.3. The van der Waals surface area contributed by atoms with Crippen LogP contribution in [0.1, 0.15) is 19.0 Å². The van der Waals surface area contributed by atoms with E-state index in [9.17, 15) is 12.3 Å². The molecule has 2 aromatic heterocycles. The van der Waals surface area contributed by atoms with Gasteiger partial charge in [-0.05, 0) is 18.6 Å². The van der Waals surface area contributed by atoms with Gasteiger partial charge < -0.3 is 0 Å². The predicted molar refractivity (Wildman–Crippen MR) is 57.5 cm³/mol. The highest BCUT2D eigenvalue weighted by Gasteiger charge is 2.23. The highest BCUT2D eigenvalue weighted by Crippen LogP contribution is 2.21.